The van der Waals surface area contributed by atoms with Gasteiger partial charge in [0.25, 0.3) is 5.91 Å². The third kappa shape index (κ3) is 3.98. The van der Waals surface area contributed by atoms with E-state index >= 15 is 0 Å². The van der Waals surface area contributed by atoms with Crippen molar-refractivity contribution in [1.29, 1.82) is 5.26 Å². The Morgan fingerprint density at radius 3 is 2.95 bits per heavy atom. The Balaban J connectivity index is 1.31. The van der Waals surface area contributed by atoms with Crippen LogP contribution in [0.3, 0.4) is 0 Å². The molecule has 4 atom stereocenters. The summed E-state index contributed by atoms with van der Waals surface area (Å²) in [7, 11) is 3.57. The first-order valence-corrected chi connectivity index (χ1v) is 14.4. The van der Waals surface area contributed by atoms with Gasteiger partial charge in [0.1, 0.15) is 11.5 Å². The van der Waals surface area contributed by atoms with Crippen LogP contribution in [0.4, 0.5) is 0 Å². The molecule has 1 aliphatic heterocycles. The van der Waals surface area contributed by atoms with E-state index in [0.717, 1.165) is 34.7 Å². The van der Waals surface area contributed by atoms with Gasteiger partial charge in [-0.15, -0.1) is 32.9 Å². The SMILES string of the molecule is C=C(CNCCC1(c2nn[nH]n2)c2sccc2CCc2cc(C(=O)N(C)C)sc21)N1C(C#N)C[C@@H]2CC21. The molecule has 11 heteroatoms. The van der Waals surface area contributed by atoms with Crippen LogP contribution in [-0.4, -0.2) is 75.6 Å². The van der Waals surface area contributed by atoms with E-state index < -0.39 is 5.41 Å². The lowest BCUT2D eigenvalue weighted by Gasteiger charge is -2.31. The first-order chi connectivity index (χ1) is 17.9. The Hall–Kier alpha value is -3.07. The minimum absolute atomic E-state index is 0.0111. The number of nitrogens with zero attached hydrogens (tertiary/aromatic N) is 6. The molecular formula is C26H30N8OS2. The standard InChI is InChI=1S/C26H30N8OS2/c1-15(34-19(13-27)10-18-11-20(18)34)14-28-8-7-26(25-29-31-32-30-25)22-16(6-9-36-22)4-5-17-12-21(37-23(17)26)24(35)33(2)3/h6,9,12,18-20,28H,1,4-5,7-8,10-11,14H2,2-3H3,(H,29,30,31,32)/t18-,19?,20?,26?/m1/s1. The van der Waals surface area contributed by atoms with E-state index in [1.165, 1.54) is 22.4 Å². The predicted molar refractivity (Wildman–Crippen MR) is 143 cm³/mol. The fraction of sp³-hybridized carbons (Fsp3) is 0.500. The van der Waals surface area contributed by atoms with E-state index in [2.05, 4.69) is 61.0 Å². The number of fused-ring (bicyclic) bond motifs is 3. The molecule has 3 unspecified atom stereocenters. The third-order valence-corrected chi connectivity index (χ3v) is 10.4. The molecule has 0 radical (unpaired) electrons. The monoisotopic (exact) mass is 534 g/mol. The highest BCUT2D eigenvalue weighted by molar-refractivity contribution is 7.15. The summed E-state index contributed by atoms with van der Waals surface area (Å²) in [5.41, 5.74) is 2.87. The molecule has 0 spiro atoms. The van der Waals surface area contributed by atoms with Crippen LogP contribution in [0.2, 0.25) is 0 Å². The number of H-pyrrole nitrogens is 1. The van der Waals surface area contributed by atoms with Gasteiger partial charge >= 0.3 is 0 Å². The van der Waals surface area contributed by atoms with E-state index in [4.69, 9.17) is 0 Å². The van der Waals surface area contributed by atoms with Crippen molar-refractivity contribution >= 4 is 28.6 Å². The lowest BCUT2D eigenvalue weighted by Crippen LogP contribution is -2.38. The minimum Gasteiger partial charge on any atom is -0.355 e. The van der Waals surface area contributed by atoms with Gasteiger partial charge in [-0.25, -0.2) is 0 Å². The number of aromatic amines is 1. The highest BCUT2D eigenvalue weighted by atomic mass is 32.1. The number of nitrogens with one attached hydrogen (secondary N) is 2. The lowest BCUT2D eigenvalue weighted by atomic mass is 9.78. The van der Waals surface area contributed by atoms with Crippen molar-refractivity contribution in [2.45, 2.75) is 49.6 Å². The molecule has 6 rings (SSSR count). The summed E-state index contributed by atoms with van der Waals surface area (Å²) in [6.45, 7) is 5.64. The number of thiophene rings is 2. The topological polar surface area (TPSA) is 114 Å². The number of carbonyl (C=O) groups is 1. The fourth-order valence-electron chi connectivity index (χ4n) is 6.09. The van der Waals surface area contributed by atoms with E-state index in [-0.39, 0.29) is 11.9 Å². The van der Waals surface area contributed by atoms with Crippen molar-refractivity contribution in [3.05, 3.63) is 61.4 Å². The Kier molecular flexibility index (Phi) is 6.13. The van der Waals surface area contributed by atoms with Gasteiger partial charge in [0.05, 0.1) is 10.9 Å². The quantitative estimate of drug-likeness (QED) is 0.427. The summed E-state index contributed by atoms with van der Waals surface area (Å²) in [6.07, 6.45) is 4.62. The molecule has 2 aliphatic carbocycles. The Morgan fingerprint density at radius 2 is 2.19 bits per heavy atom. The number of aromatic nitrogens is 4. The molecule has 0 bridgehead atoms. The number of piperidine rings is 1. The van der Waals surface area contributed by atoms with Crippen molar-refractivity contribution in [2.24, 2.45) is 5.92 Å². The molecule has 37 heavy (non-hydrogen) atoms. The van der Waals surface area contributed by atoms with Crippen LogP contribution in [-0.2, 0) is 18.3 Å². The van der Waals surface area contributed by atoms with E-state index in [1.807, 2.05) is 0 Å². The second-order valence-corrected chi connectivity index (χ2v) is 12.4. The van der Waals surface area contributed by atoms with Gasteiger partial charge in [0.15, 0.2) is 5.82 Å². The number of hydrogen-bond donors (Lipinski definition) is 2. The van der Waals surface area contributed by atoms with Gasteiger partial charge in [-0.05, 0) is 73.2 Å². The molecule has 3 aromatic rings. The molecule has 1 amide bonds. The molecule has 2 fully saturated rings. The summed E-state index contributed by atoms with van der Waals surface area (Å²) in [4.78, 5) is 19.9. The molecule has 4 heterocycles. The Morgan fingerprint density at radius 1 is 1.35 bits per heavy atom. The number of amides is 1. The van der Waals surface area contributed by atoms with Gasteiger partial charge in [-0.3, -0.25) is 4.79 Å². The fourth-order valence-corrected chi connectivity index (χ4v) is 8.80. The van der Waals surface area contributed by atoms with Crippen molar-refractivity contribution in [2.75, 3.05) is 27.2 Å². The van der Waals surface area contributed by atoms with E-state index in [0.29, 0.717) is 37.3 Å². The number of tetrazole rings is 1. The zero-order chi connectivity index (χ0) is 25.7. The minimum atomic E-state index is -0.601. The summed E-state index contributed by atoms with van der Waals surface area (Å²) in [6, 6.07) is 7.14. The second kappa shape index (κ2) is 9.35. The first kappa shape index (κ1) is 24.3. The third-order valence-electron chi connectivity index (χ3n) is 7.96. The maximum atomic E-state index is 12.9. The van der Waals surface area contributed by atoms with Crippen molar-refractivity contribution < 1.29 is 4.79 Å². The highest BCUT2D eigenvalue weighted by Gasteiger charge is 2.52. The van der Waals surface area contributed by atoms with Crippen LogP contribution in [0.1, 0.15) is 55.6 Å². The summed E-state index contributed by atoms with van der Waals surface area (Å²) >= 11 is 3.28. The lowest BCUT2D eigenvalue weighted by molar-refractivity contribution is 0.0832. The van der Waals surface area contributed by atoms with Crippen LogP contribution in [0.25, 0.3) is 0 Å². The van der Waals surface area contributed by atoms with Crippen LogP contribution < -0.4 is 5.32 Å². The molecule has 3 aliphatic rings. The number of aryl methyl sites for hydroxylation is 2. The number of hydrogen-bond acceptors (Lipinski definition) is 9. The summed E-state index contributed by atoms with van der Waals surface area (Å²) < 4.78 is 0. The Labute approximate surface area is 224 Å². The molecule has 2 N–H and O–H groups in total. The van der Waals surface area contributed by atoms with Gasteiger partial charge in [0.2, 0.25) is 0 Å². The van der Waals surface area contributed by atoms with Crippen LogP contribution in [0.5, 0.6) is 0 Å². The zero-order valence-corrected chi connectivity index (χ0v) is 22.7. The molecule has 0 aromatic carbocycles. The van der Waals surface area contributed by atoms with Crippen molar-refractivity contribution in [3.8, 4) is 6.07 Å². The van der Waals surface area contributed by atoms with Crippen molar-refractivity contribution in [3.63, 3.8) is 0 Å². The van der Waals surface area contributed by atoms with Gasteiger partial charge in [0, 0.05) is 42.1 Å². The molecule has 1 saturated carbocycles. The first-order valence-electron chi connectivity index (χ1n) is 12.7. The maximum absolute atomic E-state index is 12.9. The summed E-state index contributed by atoms with van der Waals surface area (Å²) in [5.74, 6) is 1.30. The van der Waals surface area contributed by atoms with Crippen LogP contribution >= 0.6 is 22.7 Å². The van der Waals surface area contributed by atoms with Crippen molar-refractivity contribution in [1.82, 2.24) is 35.7 Å². The Bertz CT molecular complexity index is 1370. The van der Waals surface area contributed by atoms with E-state index in [1.54, 1.807) is 41.7 Å². The molecular weight excluding hydrogens is 504 g/mol. The largest absolute Gasteiger partial charge is 0.355 e. The average molecular weight is 535 g/mol. The maximum Gasteiger partial charge on any atom is 0.263 e. The number of likely N-dealkylation sites (tertiary alicyclic amines) is 1. The normalized spacial score (nSPS) is 25.5. The summed E-state index contributed by atoms with van der Waals surface area (Å²) in [5, 5.41) is 31.0. The predicted octanol–water partition coefficient (Wildman–Crippen LogP) is 2.94. The van der Waals surface area contributed by atoms with Crippen LogP contribution in [0, 0.1) is 17.2 Å². The second-order valence-electron chi connectivity index (χ2n) is 10.4. The average Bonchev–Trinajstić information content (AvgIpc) is 3.41. The van der Waals surface area contributed by atoms with Gasteiger partial charge in [-0.2, -0.15) is 10.5 Å². The molecule has 1 saturated heterocycles. The van der Waals surface area contributed by atoms with E-state index in [9.17, 15) is 10.1 Å². The number of rotatable bonds is 8. The molecule has 9 nitrogen and oxygen atoms in total. The van der Waals surface area contributed by atoms with Crippen LogP contribution in [0.15, 0.2) is 29.8 Å². The zero-order valence-electron chi connectivity index (χ0n) is 21.0. The van der Waals surface area contributed by atoms with Gasteiger partial charge < -0.3 is 15.1 Å². The smallest absolute Gasteiger partial charge is 0.263 e. The highest BCUT2D eigenvalue weighted by Crippen LogP contribution is 2.51. The molecule has 3 aromatic heterocycles. The molecule has 192 valence electrons. The number of carbonyl (C=O) groups excluding carboxylic acids is 1. The number of nitriles is 1. The van der Waals surface area contributed by atoms with Gasteiger partial charge in [-0.1, -0.05) is 11.8 Å².